The molecule has 3 N–H and O–H groups in total. The van der Waals surface area contributed by atoms with Crippen LogP contribution in [0.5, 0.6) is 5.75 Å². The second-order valence-electron chi connectivity index (χ2n) is 4.88. The summed E-state index contributed by atoms with van der Waals surface area (Å²) in [6, 6.07) is 6.68. The monoisotopic (exact) mass is 299 g/mol. The van der Waals surface area contributed by atoms with Gasteiger partial charge in [0, 0.05) is 32.1 Å². The fourth-order valence-corrected chi connectivity index (χ4v) is 2.44. The Morgan fingerprint density at radius 1 is 1.48 bits per heavy atom. The van der Waals surface area contributed by atoms with Crippen LogP contribution in [0.25, 0.3) is 0 Å². The predicted molar refractivity (Wildman–Crippen MR) is 75.5 cm³/mol. The Hall–Kier alpha value is -1.89. The molecule has 0 bridgehead atoms. The predicted octanol–water partition coefficient (Wildman–Crippen LogP) is 1.33. The molecule has 116 valence electrons. The summed E-state index contributed by atoms with van der Waals surface area (Å²) in [4.78, 5) is 13.5. The van der Waals surface area contributed by atoms with Crippen molar-refractivity contribution < 1.29 is 18.3 Å². The SMILES string of the molecule is NCCC(=O)NC1CCN(c2ccccc2OC(F)F)C1. The van der Waals surface area contributed by atoms with E-state index in [1.807, 2.05) is 4.90 Å². The molecule has 5 nitrogen and oxygen atoms in total. The van der Waals surface area contributed by atoms with Crippen LogP contribution in [-0.2, 0) is 4.79 Å². The van der Waals surface area contributed by atoms with E-state index in [0.29, 0.717) is 31.7 Å². The van der Waals surface area contributed by atoms with Crippen LogP contribution < -0.4 is 20.7 Å². The third kappa shape index (κ3) is 4.29. The number of hydrogen-bond donors (Lipinski definition) is 2. The van der Waals surface area contributed by atoms with Crippen LogP contribution in [0.15, 0.2) is 24.3 Å². The van der Waals surface area contributed by atoms with Crippen molar-refractivity contribution in [3.8, 4) is 5.75 Å². The number of rotatable bonds is 6. The number of alkyl halides is 2. The highest BCUT2D eigenvalue weighted by Crippen LogP contribution is 2.31. The lowest BCUT2D eigenvalue weighted by molar-refractivity contribution is -0.121. The van der Waals surface area contributed by atoms with Crippen molar-refractivity contribution in [2.45, 2.75) is 25.5 Å². The standard InChI is InChI=1S/C14H19F2N3O2/c15-14(16)21-12-4-2-1-3-11(12)19-8-6-10(9-19)18-13(20)5-7-17/h1-4,10,14H,5-9,17H2,(H,18,20). The van der Waals surface area contributed by atoms with Gasteiger partial charge >= 0.3 is 6.61 Å². The lowest BCUT2D eigenvalue weighted by atomic mass is 10.2. The van der Waals surface area contributed by atoms with Crippen molar-refractivity contribution in [2.24, 2.45) is 5.73 Å². The van der Waals surface area contributed by atoms with Gasteiger partial charge in [0.25, 0.3) is 0 Å². The maximum absolute atomic E-state index is 12.4. The molecule has 1 fully saturated rings. The average molecular weight is 299 g/mol. The summed E-state index contributed by atoms with van der Waals surface area (Å²) in [5.41, 5.74) is 5.95. The topological polar surface area (TPSA) is 67.6 Å². The highest BCUT2D eigenvalue weighted by Gasteiger charge is 2.26. The van der Waals surface area contributed by atoms with Gasteiger partial charge in [0.05, 0.1) is 5.69 Å². The Bertz CT molecular complexity index is 485. The number of halogens is 2. The molecule has 0 saturated carbocycles. The van der Waals surface area contributed by atoms with Crippen LogP contribution in [0.1, 0.15) is 12.8 Å². The largest absolute Gasteiger partial charge is 0.433 e. The summed E-state index contributed by atoms with van der Waals surface area (Å²) in [6.07, 6.45) is 1.06. The smallest absolute Gasteiger partial charge is 0.387 e. The third-order valence-electron chi connectivity index (χ3n) is 3.35. The summed E-state index contributed by atoms with van der Waals surface area (Å²) < 4.78 is 29.4. The van der Waals surface area contributed by atoms with E-state index in [-0.39, 0.29) is 17.7 Å². The Morgan fingerprint density at radius 3 is 2.95 bits per heavy atom. The van der Waals surface area contributed by atoms with Gasteiger partial charge < -0.3 is 20.7 Å². The molecule has 1 aromatic rings. The quantitative estimate of drug-likeness (QED) is 0.831. The van der Waals surface area contributed by atoms with Crippen LogP contribution in [-0.4, -0.2) is 38.2 Å². The van der Waals surface area contributed by atoms with E-state index in [0.717, 1.165) is 6.42 Å². The van der Waals surface area contributed by atoms with Crippen molar-refractivity contribution in [1.82, 2.24) is 5.32 Å². The molecule has 2 rings (SSSR count). The first-order valence-electron chi connectivity index (χ1n) is 6.88. The number of hydrogen-bond acceptors (Lipinski definition) is 4. The van der Waals surface area contributed by atoms with Crippen molar-refractivity contribution >= 4 is 11.6 Å². The number of carbonyl (C=O) groups excluding carboxylic acids is 1. The molecule has 0 radical (unpaired) electrons. The van der Waals surface area contributed by atoms with Gasteiger partial charge in [-0.1, -0.05) is 12.1 Å². The number of nitrogens with two attached hydrogens (primary N) is 1. The van der Waals surface area contributed by atoms with Gasteiger partial charge in [-0.05, 0) is 18.6 Å². The second-order valence-corrected chi connectivity index (χ2v) is 4.88. The third-order valence-corrected chi connectivity index (χ3v) is 3.35. The average Bonchev–Trinajstić information content (AvgIpc) is 2.87. The van der Waals surface area contributed by atoms with Crippen LogP contribution in [0.3, 0.4) is 0 Å². The molecule has 0 aromatic heterocycles. The molecule has 1 amide bonds. The fourth-order valence-electron chi connectivity index (χ4n) is 2.44. The normalized spacial score (nSPS) is 18.1. The molecular weight excluding hydrogens is 280 g/mol. The molecular formula is C14H19F2N3O2. The first-order valence-corrected chi connectivity index (χ1v) is 6.88. The van der Waals surface area contributed by atoms with Gasteiger partial charge in [-0.2, -0.15) is 8.78 Å². The number of nitrogens with zero attached hydrogens (tertiary/aromatic N) is 1. The lowest BCUT2D eigenvalue weighted by Crippen LogP contribution is -2.37. The molecule has 0 aliphatic carbocycles. The molecule has 1 aliphatic heterocycles. The number of benzene rings is 1. The number of carbonyl (C=O) groups is 1. The molecule has 1 atom stereocenters. The van der Waals surface area contributed by atoms with Crippen molar-refractivity contribution in [3.05, 3.63) is 24.3 Å². The summed E-state index contributed by atoms with van der Waals surface area (Å²) >= 11 is 0. The second kappa shape index (κ2) is 7.21. The number of para-hydroxylation sites is 2. The van der Waals surface area contributed by atoms with Gasteiger partial charge in [-0.15, -0.1) is 0 Å². The maximum atomic E-state index is 12.4. The minimum Gasteiger partial charge on any atom is -0.433 e. The van der Waals surface area contributed by atoms with E-state index in [2.05, 4.69) is 10.1 Å². The number of nitrogens with one attached hydrogen (secondary N) is 1. The van der Waals surface area contributed by atoms with Crippen molar-refractivity contribution in [3.63, 3.8) is 0 Å². The van der Waals surface area contributed by atoms with E-state index < -0.39 is 6.61 Å². The van der Waals surface area contributed by atoms with E-state index in [9.17, 15) is 13.6 Å². The van der Waals surface area contributed by atoms with Gasteiger partial charge in [-0.25, -0.2) is 0 Å². The fraction of sp³-hybridized carbons (Fsp3) is 0.500. The van der Waals surface area contributed by atoms with Crippen molar-refractivity contribution in [1.29, 1.82) is 0 Å². The minimum atomic E-state index is -2.85. The van der Waals surface area contributed by atoms with Gasteiger partial charge in [0.1, 0.15) is 5.75 Å². The van der Waals surface area contributed by atoms with Gasteiger partial charge in [0.2, 0.25) is 5.91 Å². The molecule has 1 saturated heterocycles. The lowest BCUT2D eigenvalue weighted by Gasteiger charge is -2.22. The van der Waals surface area contributed by atoms with E-state index in [4.69, 9.17) is 5.73 Å². The molecule has 1 aliphatic rings. The van der Waals surface area contributed by atoms with Crippen LogP contribution in [0.2, 0.25) is 0 Å². The van der Waals surface area contributed by atoms with Crippen molar-refractivity contribution in [2.75, 3.05) is 24.5 Å². The zero-order valence-electron chi connectivity index (χ0n) is 11.6. The first-order chi connectivity index (χ1) is 10.1. The molecule has 1 aromatic carbocycles. The van der Waals surface area contributed by atoms with Gasteiger partial charge in [0.15, 0.2) is 0 Å². The molecule has 7 heteroatoms. The zero-order chi connectivity index (χ0) is 15.2. The Labute approximate surface area is 122 Å². The Kier molecular flexibility index (Phi) is 5.32. The molecule has 0 spiro atoms. The number of anilines is 1. The Balaban J connectivity index is 1.99. The van der Waals surface area contributed by atoms with E-state index >= 15 is 0 Å². The van der Waals surface area contributed by atoms with E-state index in [1.165, 1.54) is 6.07 Å². The summed E-state index contributed by atoms with van der Waals surface area (Å²) in [5.74, 6) is 0.0721. The summed E-state index contributed by atoms with van der Waals surface area (Å²) in [7, 11) is 0. The molecule has 1 unspecified atom stereocenters. The number of amides is 1. The maximum Gasteiger partial charge on any atom is 0.387 e. The van der Waals surface area contributed by atoms with Gasteiger partial charge in [-0.3, -0.25) is 4.79 Å². The van der Waals surface area contributed by atoms with Crippen LogP contribution >= 0.6 is 0 Å². The summed E-state index contributed by atoms with van der Waals surface area (Å²) in [6.45, 7) is -1.29. The van der Waals surface area contributed by atoms with Crippen LogP contribution in [0, 0.1) is 0 Å². The first kappa shape index (κ1) is 15.5. The summed E-state index contributed by atoms with van der Waals surface area (Å²) in [5, 5.41) is 2.89. The minimum absolute atomic E-state index is 0.00339. The highest BCUT2D eigenvalue weighted by molar-refractivity contribution is 5.76. The van der Waals surface area contributed by atoms with Crippen LogP contribution in [0.4, 0.5) is 14.5 Å². The highest BCUT2D eigenvalue weighted by atomic mass is 19.3. The van der Waals surface area contributed by atoms with E-state index in [1.54, 1.807) is 18.2 Å². The zero-order valence-corrected chi connectivity index (χ0v) is 11.6. The number of ether oxygens (including phenoxy) is 1. The molecule has 1 heterocycles. The Morgan fingerprint density at radius 2 is 2.24 bits per heavy atom. The molecule has 21 heavy (non-hydrogen) atoms.